The van der Waals surface area contributed by atoms with Crippen LogP contribution in [-0.4, -0.2) is 41.4 Å². The molecule has 3 nitrogen and oxygen atoms in total. The van der Waals surface area contributed by atoms with Crippen LogP contribution < -0.4 is 0 Å². The van der Waals surface area contributed by atoms with Gasteiger partial charge in [0.05, 0.1) is 6.04 Å². The number of carbonyl (C=O) groups is 1. The molecule has 1 amide bonds. The average Bonchev–Trinajstić information content (AvgIpc) is 2.97. The highest BCUT2D eigenvalue weighted by Crippen LogP contribution is 2.23. The molecular weight excluding hydrogens is 279 g/mol. The largest absolute Gasteiger partial charge is 0.341 e. The summed E-state index contributed by atoms with van der Waals surface area (Å²) in [6.07, 6.45) is 3.85. The van der Waals surface area contributed by atoms with Crippen molar-refractivity contribution in [1.29, 1.82) is 0 Å². The third-order valence-electron chi connectivity index (χ3n) is 4.28. The molecule has 0 N–H and O–H groups in total. The Bertz CT molecular complexity index is 486. The van der Waals surface area contributed by atoms with Gasteiger partial charge < -0.3 is 4.90 Å². The third kappa shape index (κ3) is 4.07. The Morgan fingerprint density at radius 3 is 2.59 bits per heavy atom. The van der Waals surface area contributed by atoms with Gasteiger partial charge in [-0.3, -0.25) is 9.69 Å². The lowest BCUT2D eigenvalue weighted by atomic mass is 10.1. The summed E-state index contributed by atoms with van der Waals surface area (Å²) in [5, 5.41) is 0. The number of benzene rings is 1. The highest BCUT2D eigenvalue weighted by molar-refractivity contribution is 5.82. The summed E-state index contributed by atoms with van der Waals surface area (Å²) in [7, 11) is 0. The van der Waals surface area contributed by atoms with E-state index in [2.05, 4.69) is 18.7 Å². The monoisotopic (exact) mass is 306 g/mol. The Kier molecular flexibility index (Phi) is 6.37. The van der Waals surface area contributed by atoms with Crippen LogP contribution in [0.3, 0.4) is 0 Å². The van der Waals surface area contributed by atoms with Crippen LogP contribution in [0.5, 0.6) is 0 Å². The zero-order valence-corrected chi connectivity index (χ0v) is 13.7. The molecular formula is C18H27FN2O. The lowest BCUT2D eigenvalue weighted by Gasteiger charge is -2.30. The van der Waals surface area contributed by atoms with E-state index < -0.39 is 0 Å². The number of amides is 1. The number of hydrogen-bond donors (Lipinski definition) is 0. The second kappa shape index (κ2) is 8.28. The van der Waals surface area contributed by atoms with E-state index in [0.717, 1.165) is 45.3 Å². The van der Waals surface area contributed by atoms with Crippen LogP contribution in [0.1, 0.15) is 45.1 Å². The van der Waals surface area contributed by atoms with Gasteiger partial charge in [0.1, 0.15) is 5.82 Å². The molecule has 122 valence electrons. The minimum atomic E-state index is -0.181. The molecule has 1 saturated heterocycles. The van der Waals surface area contributed by atoms with Gasteiger partial charge in [-0.15, -0.1) is 0 Å². The quantitative estimate of drug-likeness (QED) is 0.770. The lowest BCUT2D eigenvalue weighted by molar-refractivity contribution is -0.136. The van der Waals surface area contributed by atoms with Gasteiger partial charge in [0, 0.05) is 25.2 Å². The molecule has 1 heterocycles. The van der Waals surface area contributed by atoms with Crippen molar-refractivity contribution in [2.75, 3.05) is 19.6 Å². The van der Waals surface area contributed by atoms with Gasteiger partial charge >= 0.3 is 0 Å². The van der Waals surface area contributed by atoms with E-state index >= 15 is 0 Å². The summed E-state index contributed by atoms with van der Waals surface area (Å²) in [6.45, 7) is 7.23. The summed E-state index contributed by atoms with van der Waals surface area (Å²) >= 11 is 0. The molecule has 0 spiro atoms. The summed E-state index contributed by atoms with van der Waals surface area (Å²) in [5.74, 6) is 0.0390. The van der Waals surface area contributed by atoms with Gasteiger partial charge in [0.15, 0.2) is 0 Å². The molecule has 0 radical (unpaired) electrons. The number of carbonyl (C=O) groups excluding carboxylic acids is 1. The standard InChI is InChI=1S/C18H27FN2O/c1-3-11-20(12-4-2)18(22)17-10-7-13-21(17)14-15-8-5-6-9-16(15)19/h5-6,8-9,17H,3-4,7,10-14H2,1-2H3. The fourth-order valence-corrected chi connectivity index (χ4v) is 3.22. The average molecular weight is 306 g/mol. The molecule has 4 heteroatoms. The van der Waals surface area contributed by atoms with E-state index in [4.69, 9.17) is 0 Å². The van der Waals surface area contributed by atoms with Crippen molar-refractivity contribution in [2.24, 2.45) is 0 Å². The van der Waals surface area contributed by atoms with Crippen molar-refractivity contribution in [1.82, 2.24) is 9.80 Å². The molecule has 1 aliphatic rings. The van der Waals surface area contributed by atoms with Crippen molar-refractivity contribution < 1.29 is 9.18 Å². The number of halogens is 1. The van der Waals surface area contributed by atoms with E-state index in [9.17, 15) is 9.18 Å². The van der Waals surface area contributed by atoms with Crippen LogP contribution in [0.25, 0.3) is 0 Å². The highest BCUT2D eigenvalue weighted by Gasteiger charge is 2.33. The Morgan fingerprint density at radius 2 is 1.95 bits per heavy atom. The van der Waals surface area contributed by atoms with E-state index in [-0.39, 0.29) is 17.8 Å². The van der Waals surface area contributed by atoms with Crippen molar-refractivity contribution in [2.45, 2.75) is 52.1 Å². The van der Waals surface area contributed by atoms with Crippen LogP contribution >= 0.6 is 0 Å². The maximum Gasteiger partial charge on any atom is 0.239 e. The van der Waals surface area contributed by atoms with Gasteiger partial charge in [0.25, 0.3) is 0 Å². The number of rotatable bonds is 7. The minimum absolute atomic E-state index is 0.0855. The van der Waals surface area contributed by atoms with E-state index in [0.29, 0.717) is 12.1 Å². The Morgan fingerprint density at radius 1 is 1.27 bits per heavy atom. The topological polar surface area (TPSA) is 23.6 Å². The fourth-order valence-electron chi connectivity index (χ4n) is 3.22. The maximum atomic E-state index is 13.8. The molecule has 1 atom stereocenters. The predicted molar refractivity (Wildman–Crippen MR) is 87.0 cm³/mol. The first-order valence-electron chi connectivity index (χ1n) is 8.43. The first kappa shape index (κ1) is 16.9. The van der Waals surface area contributed by atoms with Crippen LogP contribution in [0, 0.1) is 5.82 Å². The van der Waals surface area contributed by atoms with Crippen molar-refractivity contribution >= 4 is 5.91 Å². The SMILES string of the molecule is CCCN(CCC)C(=O)C1CCCN1Cc1ccccc1F. The number of likely N-dealkylation sites (tertiary alicyclic amines) is 1. The van der Waals surface area contributed by atoms with E-state index in [1.807, 2.05) is 17.0 Å². The molecule has 0 aromatic heterocycles. The van der Waals surface area contributed by atoms with Gasteiger partial charge in [0.2, 0.25) is 5.91 Å². The van der Waals surface area contributed by atoms with Gasteiger partial charge in [-0.2, -0.15) is 0 Å². The zero-order valence-electron chi connectivity index (χ0n) is 13.7. The predicted octanol–water partition coefficient (Wildman–Crippen LogP) is 3.44. The number of hydrogen-bond acceptors (Lipinski definition) is 2. The number of nitrogens with zero attached hydrogens (tertiary/aromatic N) is 2. The van der Waals surface area contributed by atoms with Gasteiger partial charge in [-0.25, -0.2) is 4.39 Å². The van der Waals surface area contributed by atoms with Crippen LogP contribution in [0.4, 0.5) is 4.39 Å². The first-order valence-corrected chi connectivity index (χ1v) is 8.43. The minimum Gasteiger partial charge on any atom is -0.341 e. The van der Waals surface area contributed by atoms with Gasteiger partial charge in [-0.05, 0) is 38.3 Å². The maximum absolute atomic E-state index is 13.8. The fraction of sp³-hybridized carbons (Fsp3) is 0.611. The summed E-state index contributed by atoms with van der Waals surface area (Å²) in [6, 6.07) is 6.77. The van der Waals surface area contributed by atoms with Crippen LogP contribution in [-0.2, 0) is 11.3 Å². The Labute approximate surface area is 133 Å². The first-order chi connectivity index (χ1) is 10.7. The molecule has 1 unspecified atom stereocenters. The molecule has 1 fully saturated rings. The molecule has 2 rings (SSSR count). The third-order valence-corrected chi connectivity index (χ3v) is 4.28. The summed E-state index contributed by atoms with van der Waals surface area (Å²) < 4.78 is 13.8. The second-order valence-corrected chi connectivity index (χ2v) is 6.05. The van der Waals surface area contributed by atoms with Crippen molar-refractivity contribution in [3.63, 3.8) is 0 Å². The zero-order chi connectivity index (χ0) is 15.9. The normalized spacial score (nSPS) is 18.6. The van der Waals surface area contributed by atoms with Crippen molar-refractivity contribution in [3.8, 4) is 0 Å². The highest BCUT2D eigenvalue weighted by atomic mass is 19.1. The van der Waals surface area contributed by atoms with Crippen LogP contribution in [0.2, 0.25) is 0 Å². The molecule has 22 heavy (non-hydrogen) atoms. The summed E-state index contributed by atoms with van der Waals surface area (Å²) in [5.41, 5.74) is 0.680. The second-order valence-electron chi connectivity index (χ2n) is 6.05. The lowest BCUT2D eigenvalue weighted by Crippen LogP contribution is -2.46. The molecule has 1 aliphatic heterocycles. The smallest absolute Gasteiger partial charge is 0.239 e. The molecule has 0 aliphatic carbocycles. The molecule has 1 aromatic carbocycles. The molecule has 0 saturated carbocycles. The summed E-state index contributed by atoms with van der Waals surface area (Å²) in [4.78, 5) is 16.9. The molecule has 1 aromatic rings. The van der Waals surface area contributed by atoms with E-state index in [1.165, 1.54) is 6.07 Å². The van der Waals surface area contributed by atoms with Crippen LogP contribution in [0.15, 0.2) is 24.3 Å². The van der Waals surface area contributed by atoms with E-state index in [1.54, 1.807) is 6.07 Å². The van der Waals surface area contributed by atoms with Crippen molar-refractivity contribution in [3.05, 3.63) is 35.6 Å². The Hall–Kier alpha value is -1.42. The van der Waals surface area contributed by atoms with Gasteiger partial charge in [-0.1, -0.05) is 32.0 Å². The molecule has 0 bridgehead atoms. The Balaban J connectivity index is 2.06.